The lowest BCUT2D eigenvalue weighted by atomic mass is 9.90. The topological polar surface area (TPSA) is 64.7 Å². The van der Waals surface area contributed by atoms with E-state index < -0.39 is 40.5 Å². The second-order valence-electron chi connectivity index (χ2n) is 7.83. The number of nitrogens with two attached hydrogens (primary N) is 1. The van der Waals surface area contributed by atoms with Gasteiger partial charge in [-0.15, -0.1) is 0 Å². The first-order valence-corrected chi connectivity index (χ1v) is 10.4. The first kappa shape index (κ1) is 26.8. The number of halogens is 6. The second kappa shape index (κ2) is 11.1. The minimum absolute atomic E-state index is 0.00646. The van der Waals surface area contributed by atoms with E-state index in [0.29, 0.717) is 18.4 Å². The summed E-state index contributed by atoms with van der Waals surface area (Å²) in [5, 5.41) is 9.38. The van der Waals surface area contributed by atoms with Gasteiger partial charge in [-0.3, -0.25) is 0 Å². The molecule has 2 aromatic carbocycles. The van der Waals surface area contributed by atoms with E-state index in [-0.39, 0.29) is 43.8 Å². The molecule has 4 nitrogen and oxygen atoms in total. The van der Waals surface area contributed by atoms with Crippen molar-refractivity contribution in [3.05, 3.63) is 58.4 Å². The normalized spacial score (nSPS) is 13.6. The van der Waals surface area contributed by atoms with Crippen molar-refractivity contribution in [1.29, 1.82) is 0 Å². The van der Waals surface area contributed by atoms with Crippen molar-refractivity contribution in [2.45, 2.75) is 50.7 Å². The predicted octanol–water partition coefficient (Wildman–Crippen LogP) is 5.18. The first-order chi connectivity index (χ1) is 15.5. The van der Waals surface area contributed by atoms with Gasteiger partial charge in [0, 0.05) is 11.1 Å². The number of ether oxygens (including phenoxy) is 2. The van der Waals surface area contributed by atoms with Crippen LogP contribution >= 0.6 is 0 Å². The molecule has 0 bridgehead atoms. The van der Waals surface area contributed by atoms with Crippen molar-refractivity contribution in [3.63, 3.8) is 0 Å². The van der Waals surface area contributed by atoms with E-state index in [2.05, 4.69) is 0 Å². The number of aliphatic hydroxyl groups is 1. The third kappa shape index (κ3) is 6.77. The van der Waals surface area contributed by atoms with Gasteiger partial charge in [-0.2, -0.15) is 17.6 Å². The third-order valence-corrected chi connectivity index (χ3v) is 5.53. The van der Waals surface area contributed by atoms with Crippen molar-refractivity contribution in [2.24, 2.45) is 5.73 Å². The Balaban J connectivity index is 2.09. The molecule has 184 valence electrons. The Morgan fingerprint density at radius 2 is 1.73 bits per heavy atom. The highest BCUT2D eigenvalue weighted by molar-refractivity contribution is 5.40. The van der Waals surface area contributed by atoms with Crippen LogP contribution in [0.25, 0.3) is 0 Å². The highest BCUT2D eigenvalue weighted by atomic mass is 19.4. The summed E-state index contributed by atoms with van der Waals surface area (Å²) in [5.41, 5.74) is 4.61. The molecule has 0 aliphatic heterocycles. The summed E-state index contributed by atoms with van der Waals surface area (Å²) in [4.78, 5) is 0. The van der Waals surface area contributed by atoms with E-state index in [1.165, 1.54) is 12.1 Å². The summed E-state index contributed by atoms with van der Waals surface area (Å²) in [5.74, 6) is -5.35. The smallest absolute Gasteiger partial charge is 0.419 e. The Bertz CT molecular complexity index is 945. The molecule has 0 saturated heterocycles. The van der Waals surface area contributed by atoms with Gasteiger partial charge in [0.25, 0.3) is 0 Å². The quantitative estimate of drug-likeness (QED) is 0.265. The van der Waals surface area contributed by atoms with Gasteiger partial charge < -0.3 is 20.3 Å². The monoisotopic (exact) mass is 479 g/mol. The summed E-state index contributed by atoms with van der Waals surface area (Å²) < 4.78 is 91.3. The van der Waals surface area contributed by atoms with Gasteiger partial charge in [0.1, 0.15) is 5.75 Å². The third-order valence-electron chi connectivity index (χ3n) is 5.53. The molecule has 0 heterocycles. The predicted molar refractivity (Wildman–Crippen MR) is 111 cm³/mol. The summed E-state index contributed by atoms with van der Waals surface area (Å²) in [6, 6.07) is 4.47. The van der Waals surface area contributed by atoms with Crippen LogP contribution in [0, 0.1) is 17.5 Å². The van der Waals surface area contributed by atoms with Gasteiger partial charge in [0.05, 0.1) is 25.9 Å². The SMILES string of the molecule is CC[C@](N)(CO)CCc1ccc(OCCCc2cc(F)c(F)c(F)c2OC)c(C(F)(F)F)c1. The molecule has 33 heavy (non-hydrogen) atoms. The number of hydrogen-bond donors (Lipinski definition) is 2. The molecule has 10 heteroatoms. The number of aryl methyl sites for hydroxylation is 2. The standard InChI is InChI=1S/C23H27F6NO3/c1-3-22(30,13-31)9-8-14-6-7-18(16(11-14)23(27,28)29)33-10-4-5-15-12-17(24)19(25)20(26)21(15)32-2/h6-7,11-12,31H,3-5,8-10,13,30H2,1-2H3/t22-/m1/s1. The van der Waals surface area contributed by atoms with E-state index in [9.17, 15) is 31.4 Å². The summed E-state index contributed by atoms with van der Waals surface area (Å²) >= 11 is 0. The van der Waals surface area contributed by atoms with Crippen LogP contribution < -0.4 is 15.2 Å². The van der Waals surface area contributed by atoms with E-state index in [4.69, 9.17) is 15.2 Å². The second-order valence-corrected chi connectivity index (χ2v) is 7.83. The van der Waals surface area contributed by atoms with Crippen LogP contribution in [0.4, 0.5) is 26.3 Å². The van der Waals surface area contributed by atoms with Crippen LogP contribution in [-0.2, 0) is 19.0 Å². The zero-order valence-corrected chi connectivity index (χ0v) is 18.4. The fraction of sp³-hybridized carbons (Fsp3) is 0.478. The lowest BCUT2D eigenvalue weighted by Crippen LogP contribution is -2.43. The van der Waals surface area contributed by atoms with Crippen LogP contribution in [0.5, 0.6) is 11.5 Å². The molecule has 3 N–H and O–H groups in total. The van der Waals surface area contributed by atoms with Crippen molar-refractivity contribution in [2.75, 3.05) is 20.3 Å². The molecular weight excluding hydrogens is 452 g/mol. The van der Waals surface area contributed by atoms with Crippen LogP contribution in [0.2, 0.25) is 0 Å². The molecule has 2 rings (SSSR count). The van der Waals surface area contributed by atoms with E-state index in [0.717, 1.165) is 19.2 Å². The molecule has 0 unspecified atom stereocenters. The minimum Gasteiger partial charge on any atom is -0.493 e. The van der Waals surface area contributed by atoms with Crippen LogP contribution in [0.1, 0.15) is 42.9 Å². The van der Waals surface area contributed by atoms with Gasteiger partial charge >= 0.3 is 6.18 Å². The van der Waals surface area contributed by atoms with Crippen molar-refractivity contribution in [1.82, 2.24) is 0 Å². The Morgan fingerprint density at radius 1 is 1.03 bits per heavy atom. The number of aliphatic hydroxyl groups excluding tert-OH is 1. The van der Waals surface area contributed by atoms with Crippen molar-refractivity contribution in [3.8, 4) is 11.5 Å². The fourth-order valence-corrected chi connectivity index (χ4v) is 3.32. The number of rotatable bonds is 11. The Kier molecular flexibility index (Phi) is 9.02. The molecule has 0 aliphatic carbocycles. The zero-order valence-electron chi connectivity index (χ0n) is 18.4. The highest BCUT2D eigenvalue weighted by Crippen LogP contribution is 2.37. The Hall–Kier alpha value is -2.46. The number of hydrogen-bond acceptors (Lipinski definition) is 4. The molecular formula is C23H27F6NO3. The number of benzene rings is 2. The Morgan fingerprint density at radius 3 is 2.30 bits per heavy atom. The van der Waals surface area contributed by atoms with Crippen molar-refractivity contribution >= 4 is 0 Å². The molecule has 0 saturated carbocycles. The summed E-state index contributed by atoms with van der Waals surface area (Å²) in [6.07, 6.45) is -3.54. The molecule has 2 aromatic rings. The van der Waals surface area contributed by atoms with Gasteiger partial charge in [-0.05, 0) is 55.9 Å². The van der Waals surface area contributed by atoms with Gasteiger partial charge in [-0.25, -0.2) is 8.78 Å². The van der Waals surface area contributed by atoms with Crippen LogP contribution in [0.3, 0.4) is 0 Å². The minimum atomic E-state index is -4.67. The molecule has 0 fully saturated rings. The average molecular weight is 479 g/mol. The average Bonchev–Trinajstić information content (AvgIpc) is 2.78. The highest BCUT2D eigenvalue weighted by Gasteiger charge is 2.35. The summed E-state index contributed by atoms with van der Waals surface area (Å²) in [6.45, 7) is 1.33. The number of methoxy groups -OCH3 is 1. The van der Waals surface area contributed by atoms with Crippen molar-refractivity contribution < 1.29 is 40.9 Å². The maximum Gasteiger partial charge on any atom is 0.419 e. The lowest BCUT2D eigenvalue weighted by molar-refractivity contribution is -0.139. The zero-order chi connectivity index (χ0) is 24.8. The summed E-state index contributed by atoms with van der Waals surface area (Å²) in [7, 11) is 1.10. The first-order valence-electron chi connectivity index (χ1n) is 10.4. The van der Waals surface area contributed by atoms with Crippen LogP contribution in [-0.4, -0.2) is 31.0 Å². The lowest BCUT2D eigenvalue weighted by Gasteiger charge is -2.25. The molecule has 1 atom stereocenters. The molecule has 0 radical (unpaired) electrons. The fourth-order valence-electron chi connectivity index (χ4n) is 3.32. The van der Waals surface area contributed by atoms with E-state index >= 15 is 0 Å². The van der Waals surface area contributed by atoms with E-state index in [1.807, 2.05) is 0 Å². The molecule has 0 spiro atoms. The van der Waals surface area contributed by atoms with Gasteiger partial charge in [-0.1, -0.05) is 13.0 Å². The van der Waals surface area contributed by atoms with Gasteiger partial charge in [0.15, 0.2) is 17.4 Å². The Labute approximate surface area is 188 Å². The van der Waals surface area contributed by atoms with Gasteiger partial charge in [0.2, 0.25) is 5.82 Å². The maximum atomic E-state index is 13.8. The molecule has 0 aliphatic rings. The van der Waals surface area contributed by atoms with Crippen LogP contribution in [0.15, 0.2) is 24.3 Å². The number of alkyl halides is 3. The van der Waals surface area contributed by atoms with E-state index in [1.54, 1.807) is 6.92 Å². The maximum absolute atomic E-state index is 13.8. The molecule has 0 amide bonds. The largest absolute Gasteiger partial charge is 0.493 e. The molecule has 0 aromatic heterocycles.